The molecule has 5 nitrogen and oxygen atoms in total. The maximum absolute atomic E-state index is 11.2. The summed E-state index contributed by atoms with van der Waals surface area (Å²) >= 11 is 0. The van der Waals surface area contributed by atoms with E-state index in [2.05, 4.69) is 40.9 Å². The highest BCUT2D eigenvalue weighted by Gasteiger charge is 2.14. The van der Waals surface area contributed by atoms with Gasteiger partial charge in [-0.2, -0.15) is 0 Å². The number of aromatic amines is 1. The molecule has 0 spiro atoms. The monoisotopic (exact) mass is 281 g/mol. The summed E-state index contributed by atoms with van der Waals surface area (Å²) in [6.07, 6.45) is 1.46. The zero-order valence-corrected chi connectivity index (χ0v) is 11.8. The third-order valence-corrected chi connectivity index (χ3v) is 3.47. The van der Waals surface area contributed by atoms with Gasteiger partial charge in [-0.25, -0.2) is 14.8 Å². The number of fused-ring (bicyclic) bond motifs is 1. The predicted molar refractivity (Wildman–Crippen MR) is 80.4 cm³/mol. The van der Waals surface area contributed by atoms with E-state index < -0.39 is 5.97 Å². The molecule has 0 saturated carbocycles. The Morgan fingerprint density at radius 2 is 1.90 bits per heavy atom. The van der Waals surface area contributed by atoms with Crippen LogP contribution in [0, 0.1) is 0 Å². The van der Waals surface area contributed by atoms with Crippen molar-refractivity contribution in [3.05, 3.63) is 47.7 Å². The first kappa shape index (κ1) is 13.3. The van der Waals surface area contributed by atoms with E-state index in [1.165, 1.54) is 17.8 Å². The molecule has 3 aromatic rings. The van der Waals surface area contributed by atoms with Crippen molar-refractivity contribution in [2.45, 2.75) is 19.8 Å². The zero-order valence-electron chi connectivity index (χ0n) is 11.8. The fourth-order valence-corrected chi connectivity index (χ4v) is 2.25. The molecule has 0 aliphatic heterocycles. The summed E-state index contributed by atoms with van der Waals surface area (Å²) in [5.41, 5.74) is 3.20. The Labute approximate surface area is 121 Å². The average Bonchev–Trinajstić information content (AvgIpc) is 2.90. The van der Waals surface area contributed by atoms with Crippen molar-refractivity contribution in [1.29, 1.82) is 0 Å². The SMILES string of the molecule is CC(C)c1ccc(-c2nc3nccc(C(=O)O)c3[nH]2)cc1. The number of hydrogen-bond donors (Lipinski definition) is 2. The maximum atomic E-state index is 11.2. The number of aromatic carboxylic acids is 1. The molecule has 1 aromatic carbocycles. The Kier molecular flexibility index (Phi) is 3.17. The smallest absolute Gasteiger partial charge is 0.338 e. The minimum absolute atomic E-state index is 0.178. The molecule has 2 N–H and O–H groups in total. The van der Waals surface area contributed by atoms with Crippen LogP contribution in [-0.2, 0) is 0 Å². The lowest BCUT2D eigenvalue weighted by Gasteiger charge is -2.05. The van der Waals surface area contributed by atoms with E-state index in [1.54, 1.807) is 0 Å². The lowest BCUT2D eigenvalue weighted by molar-refractivity contribution is 0.0698. The van der Waals surface area contributed by atoms with Gasteiger partial charge in [0.2, 0.25) is 0 Å². The molecule has 21 heavy (non-hydrogen) atoms. The van der Waals surface area contributed by atoms with Crippen LogP contribution in [0.2, 0.25) is 0 Å². The fourth-order valence-electron chi connectivity index (χ4n) is 2.25. The van der Waals surface area contributed by atoms with Gasteiger partial charge < -0.3 is 10.1 Å². The van der Waals surface area contributed by atoms with Crippen LogP contribution in [0.15, 0.2) is 36.5 Å². The number of aromatic nitrogens is 3. The van der Waals surface area contributed by atoms with Crippen molar-refractivity contribution in [2.75, 3.05) is 0 Å². The quantitative estimate of drug-likeness (QED) is 0.770. The van der Waals surface area contributed by atoms with Crippen molar-refractivity contribution in [2.24, 2.45) is 0 Å². The fraction of sp³-hybridized carbons (Fsp3) is 0.188. The number of carbonyl (C=O) groups is 1. The summed E-state index contributed by atoms with van der Waals surface area (Å²) in [7, 11) is 0. The standard InChI is InChI=1S/C16H15N3O2/c1-9(2)10-3-5-11(6-4-10)14-18-13-12(16(20)21)7-8-17-15(13)19-14/h3-9H,1-2H3,(H,20,21)(H,17,18,19). The van der Waals surface area contributed by atoms with Crippen molar-refractivity contribution in [3.8, 4) is 11.4 Å². The Morgan fingerprint density at radius 1 is 1.19 bits per heavy atom. The van der Waals surface area contributed by atoms with Crippen LogP contribution >= 0.6 is 0 Å². The lowest BCUT2D eigenvalue weighted by atomic mass is 10.0. The van der Waals surface area contributed by atoms with Crippen molar-refractivity contribution < 1.29 is 9.90 Å². The van der Waals surface area contributed by atoms with Gasteiger partial charge in [-0.05, 0) is 17.5 Å². The molecule has 2 aromatic heterocycles. The average molecular weight is 281 g/mol. The maximum Gasteiger partial charge on any atom is 0.338 e. The molecule has 2 heterocycles. The second-order valence-corrected chi connectivity index (χ2v) is 5.22. The van der Waals surface area contributed by atoms with Gasteiger partial charge >= 0.3 is 5.97 Å². The van der Waals surface area contributed by atoms with E-state index >= 15 is 0 Å². The third-order valence-electron chi connectivity index (χ3n) is 3.47. The van der Waals surface area contributed by atoms with Gasteiger partial charge in [0.15, 0.2) is 5.65 Å². The highest BCUT2D eigenvalue weighted by Crippen LogP contribution is 2.23. The first-order chi connectivity index (χ1) is 10.1. The Bertz CT molecular complexity index is 804. The number of carboxylic acid groups (broad SMARTS) is 1. The van der Waals surface area contributed by atoms with Gasteiger partial charge in [0.1, 0.15) is 5.82 Å². The number of pyridine rings is 1. The van der Waals surface area contributed by atoms with Crippen LogP contribution < -0.4 is 0 Å². The molecule has 0 atom stereocenters. The van der Waals surface area contributed by atoms with Gasteiger partial charge in [-0.15, -0.1) is 0 Å². The van der Waals surface area contributed by atoms with E-state index in [-0.39, 0.29) is 5.56 Å². The topological polar surface area (TPSA) is 78.9 Å². The Morgan fingerprint density at radius 3 is 2.52 bits per heavy atom. The molecule has 0 fully saturated rings. The van der Waals surface area contributed by atoms with Crippen LogP contribution in [0.25, 0.3) is 22.6 Å². The summed E-state index contributed by atoms with van der Waals surface area (Å²) in [4.78, 5) is 22.7. The summed E-state index contributed by atoms with van der Waals surface area (Å²) in [6.45, 7) is 4.28. The van der Waals surface area contributed by atoms with E-state index in [0.717, 1.165) is 5.56 Å². The summed E-state index contributed by atoms with van der Waals surface area (Å²) in [5.74, 6) is 0.101. The zero-order chi connectivity index (χ0) is 15.0. The Hall–Kier alpha value is -2.69. The predicted octanol–water partition coefficient (Wildman–Crippen LogP) is 3.45. The minimum Gasteiger partial charge on any atom is -0.478 e. The van der Waals surface area contributed by atoms with Crippen molar-refractivity contribution in [1.82, 2.24) is 15.0 Å². The first-order valence-corrected chi connectivity index (χ1v) is 6.74. The van der Waals surface area contributed by atoms with Gasteiger partial charge in [0.25, 0.3) is 0 Å². The molecular formula is C16H15N3O2. The van der Waals surface area contributed by atoms with Gasteiger partial charge in [-0.3, -0.25) is 0 Å². The number of nitrogens with zero attached hydrogens (tertiary/aromatic N) is 2. The van der Waals surface area contributed by atoms with Crippen molar-refractivity contribution in [3.63, 3.8) is 0 Å². The van der Waals surface area contributed by atoms with Crippen LogP contribution in [0.3, 0.4) is 0 Å². The van der Waals surface area contributed by atoms with E-state index in [1.807, 2.05) is 12.1 Å². The number of carboxylic acids is 1. The lowest BCUT2D eigenvalue weighted by Crippen LogP contribution is -1.97. The normalized spacial score (nSPS) is 11.2. The largest absolute Gasteiger partial charge is 0.478 e. The number of nitrogens with one attached hydrogen (secondary N) is 1. The van der Waals surface area contributed by atoms with Crippen LogP contribution in [0.4, 0.5) is 0 Å². The van der Waals surface area contributed by atoms with Crippen molar-refractivity contribution >= 4 is 17.1 Å². The molecule has 0 amide bonds. The molecule has 106 valence electrons. The molecule has 0 bridgehead atoms. The number of rotatable bonds is 3. The second-order valence-electron chi connectivity index (χ2n) is 5.22. The molecule has 0 radical (unpaired) electrons. The molecule has 0 saturated heterocycles. The minimum atomic E-state index is -0.993. The summed E-state index contributed by atoms with van der Waals surface area (Å²) in [6, 6.07) is 9.53. The van der Waals surface area contributed by atoms with Crippen LogP contribution in [0.1, 0.15) is 35.7 Å². The number of benzene rings is 1. The van der Waals surface area contributed by atoms with Gasteiger partial charge in [-0.1, -0.05) is 38.1 Å². The highest BCUT2D eigenvalue weighted by molar-refractivity contribution is 6.00. The number of H-pyrrole nitrogens is 1. The highest BCUT2D eigenvalue weighted by atomic mass is 16.4. The first-order valence-electron chi connectivity index (χ1n) is 6.74. The molecular weight excluding hydrogens is 266 g/mol. The molecule has 0 aliphatic carbocycles. The number of hydrogen-bond acceptors (Lipinski definition) is 3. The third kappa shape index (κ3) is 2.38. The Balaban J connectivity index is 2.09. The summed E-state index contributed by atoms with van der Waals surface area (Å²) < 4.78 is 0. The molecule has 0 unspecified atom stereocenters. The van der Waals surface area contributed by atoms with E-state index in [4.69, 9.17) is 0 Å². The van der Waals surface area contributed by atoms with Gasteiger partial charge in [0.05, 0.1) is 11.1 Å². The van der Waals surface area contributed by atoms with E-state index in [0.29, 0.717) is 22.9 Å². The molecule has 3 rings (SSSR count). The van der Waals surface area contributed by atoms with Crippen LogP contribution in [-0.4, -0.2) is 26.0 Å². The molecule has 5 heteroatoms. The van der Waals surface area contributed by atoms with Gasteiger partial charge in [0, 0.05) is 11.8 Å². The van der Waals surface area contributed by atoms with Crippen LogP contribution in [0.5, 0.6) is 0 Å². The second kappa shape index (κ2) is 5.01. The van der Waals surface area contributed by atoms with E-state index in [9.17, 15) is 9.90 Å². The summed E-state index contributed by atoms with van der Waals surface area (Å²) in [5, 5.41) is 9.18. The number of imidazole rings is 1. The molecule has 0 aliphatic rings.